The largest absolute Gasteiger partial charge is 0.396 e. The van der Waals surface area contributed by atoms with Gasteiger partial charge in [-0.15, -0.1) is 0 Å². The molecule has 0 saturated heterocycles. The minimum Gasteiger partial charge on any atom is -0.396 e. The van der Waals surface area contributed by atoms with E-state index >= 15 is 0 Å². The number of hydrogen-bond acceptors (Lipinski definition) is 5. The van der Waals surface area contributed by atoms with Gasteiger partial charge in [-0.25, -0.2) is 8.42 Å². The number of rotatable bonds is 4. The molecule has 5 nitrogen and oxygen atoms in total. The second kappa shape index (κ2) is 5.02. The van der Waals surface area contributed by atoms with Crippen molar-refractivity contribution < 1.29 is 13.5 Å². The summed E-state index contributed by atoms with van der Waals surface area (Å²) >= 11 is 0. The summed E-state index contributed by atoms with van der Waals surface area (Å²) < 4.78 is 23.1. The number of aliphatic hydroxyl groups is 1. The van der Waals surface area contributed by atoms with Crippen LogP contribution in [0.1, 0.15) is 25.7 Å². The summed E-state index contributed by atoms with van der Waals surface area (Å²) in [5.41, 5.74) is 5.95. The molecule has 1 aliphatic carbocycles. The third-order valence-corrected chi connectivity index (χ3v) is 4.76. The first kappa shape index (κ1) is 14.1. The van der Waals surface area contributed by atoms with E-state index in [2.05, 4.69) is 5.32 Å². The lowest BCUT2D eigenvalue weighted by Gasteiger charge is -2.23. The maximum Gasteiger partial charge on any atom is 0.177 e. The summed E-state index contributed by atoms with van der Waals surface area (Å²) in [6, 6.07) is 4.86. The molecule has 0 aliphatic heterocycles. The standard InChI is InChI=1S/C13H20N2O3S/c1-19(17,18)11-6-4-5-10(12(11)14)15-9-13(16)7-2-3-8-13/h4-6,15-16H,2-3,7-9,14H2,1H3. The Morgan fingerprint density at radius 1 is 1.37 bits per heavy atom. The molecule has 4 N–H and O–H groups in total. The molecule has 0 spiro atoms. The van der Waals surface area contributed by atoms with Crippen LogP contribution in [0.25, 0.3) is 0 Å². The number of nitrogens with one attached hydrogen (secondary N) is 1. The van der Waals surface area contributed by atoms with Crippen LogP contribution in [-0.2, 0) is 9.84 Å². The molecular formula is C13H20N2O3S. The lowest BCUT2D eigenvalue weighted by atomic mass is 10.0. The van der Waals surface area contributed by atoms with Crippen molar-refractivity contribution in [2.45, 2.75) is 36.2 Å². The Bertz CT molecular complexity index is 563. The number of benzene rings is 1. The van der Waals surface area contributed by atoms with Crippen LogP contribution in [-0.4, -0.2) is 31.9 Å². The molecule has 0 unspecified atom stereocenters. The molecular weight excluding hydrogens is 264 g/mol. The van der Waals surface area contributed by atoms with Crippen molar-refractivity contribution in [3.05, 3.63) is 18.2 Å². The van der Waals surface area contributed by atoms with Crippen molar-refractivity contribution in [2.24, 2.45) is 0 Å². The van der Waals surface area contributed by atoms with Crippen LogP contribution in [0.2, 0.25) is 0 Å². The first-order valence-electron chi connectivity index (χ1n) is 6.37. The molecule has 1 aromatic rings. The van der Waals surface area contributed by atoms with E-state index in [9.17, 15) is 13.5 Å². The summed E-state index contributed by atoms with van der Waals surface area (Å²) in [5, 5.41) is 13.3. The van der Waals surface area contributed by atoms with Gasteiger partial charge in [0.1, 0.15) is 0 Å². The fraction of sp³-hybridized carbons (Fsp3) is 0.538. The van der Waals surface area contributed by atoms with Gasteiger partial charge in [-0.2, -0.15) is 0 Å². The van der Waals surface area contributed by atoms with Crippen LogP contribution >= 0.6 is 0 Å². The molecule has 0 radical (unpaired) electrons. The molecule has 0 atom stereocenters. The van der Waals surface area contributed by atoms with Crippen LogP contribution in [0.5, 0.6) is 0 Å². The first-order valence-corrected chi connectivity index (χ1v) is 8.26. The minimum atomic E-state index is -3.34. The summed E-state index contributed by atoms with van der Waals surface area (Å²) in [7, 11) is -3.34. The molecule has 2 rings (SSSR count). The minimum absolute atomic E-state index is 0.121. The highest BCUT2D eigenvalue weighted by atomic mass is 32.2. The maximum absolute atomic E-state index is 11.6. The average Bonchev–Trinajstić information content (AvgIpc) is 2.74. The van der Waals surface area contributed by atoms with Gasteiger partial charge in [0.25, 0.3) is 0 Å². The van der Waals surface area contributed by atoms with Gasteiger partial charge in [0, 0.05) is 12.8 Å². The van der Waals surface area contributed by atoms with Gasteiger partial charge in [0.2, 0.25) is 0 Å². The Kier molecular flexibility index (Phi) is 3.73. The fourth-order valence-electron chi connectivity index (χ4n) is 2.49. The predicted octanol–water partition coefficient (Wildman–Crippen LogP) is 1.39. The van der Waals surface area contributed by atoms with E-state index < -0.39 is 15.4 Å². The van der Waals surface area contributed by atoms with Crippen LogP contribution < -0.4 is 11.1 Å². The number of nitrogen functional groups attached to an aromatic ring is 1. The molecule has 0 amide bonds. The lowest BCUT2D eigenvalue weighted by Crippen LogP contribution is -2.33. The molecule has 0 bridgehead atoms. The normalized spacial score (nSPS) is 18.4. The molecule has 6 heteroatoms. The van der Waals surface area contributed by atoms with Gasteiger partial charge in [0.05, 0.1) is 21.9 Å². The van der Waals surface area contributed by atoms with Crippen LogP contribution in [0.15, 0.2) is 23.1 Å². The zero-order chi connectivity index (χ0) is 14.1. The summed E-state index contributed by atoms with van der Waals surface area (Å²) in [6.45, 7) is 0.393. The summed E-state index contributed by atoms with van der Waals surface area (Å²) in [6.07, 6.45) is 4.72. The maximum atomic E-state index is 11.6. The number of sulfone groups is 1. The molecule has 1 fully saturated rings. The van der Waals surface area contributed by atoms with Crippen LogP contribution in [0.4, 0.5) is 11.4 Å². The Hall–Kier alpha value is -1.27. The predicted molar refractivity (Wildman–Crippen MR) is 75.9 cm³/mol. The molecule has 19 heavy (non-hydrogen) atoms. The Morgan fingerprint density at radius 3 is 2.58 bits per heavy atom. The lowest BCUT2D eigenvalue weighted by molar-refractivity contribution is 0.0615. The van der Waals surface area contributed by atoms with Crippen molar-refractivity contribution in [1.82, 2.24) is 0 Å². The SMILES string of the molecule is CS(=O)(=O)c1cccc(NCC2(O)CCCC2)c1N. The highest BCUT2D eigenvalue weighted by Crippen LogP contribution is 2.31. The van der Waals surface area contributed by atoms with E-state index in [0.717, 1.165) is 31.9 Å². The molecule has 0 aromatic heterocycles. The second-order valence-corrected chi connectivity index (χ2v) is 7.26. The van der Waals surface area contributed by atoms with E-state index in [-0.39, 0.29) is 10.6 Å². The van der Waals surface area contributed by atoms with Gasteiger partial charge in [0.15, 0.2) is 9.84 Å². The van der Waals surface area contributed by atoms with Gasteiger partial charge < -0.3 is 16.2 Å². The Morgan fingerprint density at radius 2 is 2.00 bits per heavy atom. The van der Waals surface area contributed by atoms with Gasteiger partial charge in [-0.1, -0.05) is 18.9 Å². The quantitative estimate of drug-likeness (QED) is 0.727. The zero-order valence-electron chi connectivity index (χ0n) is 11.0. The van der Waals surface area contributed by atoms with E-state index in [4.69, 9.17) is 5.73 Å². The smallest absolute Gasteiger partial charge is 0.177 e. The van der Waals surface area contributed by atoms with E-state index in [1.807, 2.05) is 0 Å². The van der Waals surface area contributed by atoms with Gasteiger partial charge >= 0.3 is 0 Å². The van der Waals surface area contributed by atoms with Crippen molar-refractivity contribution in [3.63, 3.8) is 0 Å². The molecule has 106 valence electrons. The van der Waals surface area contributed by atoms with E-state index in [0.29, 0.717) is 12.2 Å². The Labute approximate surface area is 113 Å². The molecule has 1 aromatic carbocycles. The highest BCUT2D eigenvalue weighted by Gasteiger charge is 2.30. The van der Waals surface area contributed by atoms with Crippen molar-refractivity contribution in [2.75, 3.05) is 23.9 Å². The molecule has 1 saturated carbocycles. The van der Waals surface area contributed by atoms with Crippen molar-refractivity contribution in [3.8, 4) is 0 Å². The number of hydrogen-bond donors (Lipinski definition) is 3. The van der Waals surface area contributed by atoms with E-state index in [1.165, 1.54) is 6.07 Å². The third kappa shape index (κ3) is 3.19. The Balaban J connectivity index is 2.17. The second-order valence-electron chi connectivity index (χ2n) is 5.27. The summed E-state index contributed by atoms with van der Waals surface area (Å²) in [5.74, 6) is 0. The molecule has 0 heterocycles. The first-order chi connectivity index (χ1) is 8.82. The third-order valence-electron chi connectivity index (χ3n) is 3.61. The highest BCUT2D eigenvalue weighted by molar-refractivity contribution is 7.90. The number of anilines is 2. The van der Waals surface area contributed by atoms with Crippen molar-refractivity contribution >= 4 is 21.2 Å². The zero-order valence-corrected chi connectivity index (χ0v) is 11.8. The number of nitrogens with two attached hydrogens (primary N) is 1. The summed E-state index contributed by atoms with van der Waals surface area (Å²) in [4.78, 5) is 0.121. The monoisotopic (exact) mass is 284 g/mol. The molecule has 1 aliphatic rings. The van der Waals surface area contributed by atoms with Crippen LogP contribution in [0, 0.1) is 0 Å². The topological polar surface area (TPSA) is 92.4 Å². The van der Waals surface area contributed by atoms with Gasteiger partial charge in [-0.05, 0) is 25.0 Å². The van der Waals surface area contributed by atoms with Crippen LogP contribution in [0.3, 0.4) is 0 Å². The van der Waals surface area contributed by atoms with E-state index in [1.54, 1.807) is 12.1 Å². The fourth-order valence-corrected chi connectivity index (χ4v) is 3.33. The van der Waals surface area contributed by atoms with Gasteiger partial charge in [-0.3, -0.25) is 0 Å². The average molecular weight is 284 g/mol. The van der Waals surface area contributed by atoms with Crippen molar-refractivity contribution in [1.29, 1.82) is 0 Å². The number of para-hydroxylation sites is 1.